The van der Waals surface area contributed by atoms with Gasteiger partial charge in [0, 0.05) is 0 Å². The Morgan fingerprint density at radius 2 is 2.46 bits per heavy atom. The van der Waals surface area contributed by atoms with Crippen LogP contribution in [0.25, 0.3) is 0 Å². The maximum absolute atomic E-state index is 5.90. The van der Waals surface area contributed by atoms with E-state index in [-0.39, 0.29) is 0 Å². The predicted octanol–water partition coefficient (Wildman–Crippen LogP) is 2.59. The number of rotatable bonds is 3. The van der Waals surface area contributed by atoms with E-state index in [2.05, 4.69) is 28.0 Å². The molecule has 2 rings (SSSR count). The Morgan fingerprint density at radius 3 is 2.85 bits per heavy atom. The van der Waals surface area contributed by atoms with Gasteiger partial charge in [-0.1, -0.05) is 6.92 Å². The SMILES string of the molecule is CCC(C1CC1)n1ncc(Br)c1N. The first-order valence-electron chi connectivity index (χ1n) is 4.72. The molecule has 1 atom stereocenters. The van der Waals surface area contributed by atoms with Crippen molar-refractivity contribution in [2.45, 2.75) is 32.2 Å². The van der Waals surface area contributed by atoms with Crippen molar-refractivity contribution >= 4 is 21.7 Å². The summed E-state index contributed by atoms with van der Waals surface area (Å²) >= 11 is 3.37. The summed E-state index contributed by atoms with van der Waals surface area (Å²) in [5.74, 6) is 1.57. The lowest BCUT2D eigenvalue weighted by Gasteiger charge is -2.15. The molecule has 72 valence electrons. The highest BCUT2D eigenvalue weighted by molar-refractivity contribution is 9.10. The standard InChI is InChI=1S/C9H14BrN3/c1-2-8(6-3-4-6)13-9(11)7(10)5-12-13/h5-6,8H,2-4,11H2,1H3. The molecule has 3 nitrogen and oxygen atoms in total. The number of hydrogen-bond acceptors (Lipinski definition) is 2. The maximum atomic E-state index is 5.90. The highest BCUT2D eigenvalue weighted by Gasteiger charge is 2.32. The topological polar surface area (TPSA) is 43.8 Å². The summed E-state index contributed by atoms with van der Waals surface area (Å²) in [6.07, 6.45) is 5.55. The molecule has 1 aromatic rings. The van der Waals surface area contributed by atoms with E-state index in [1.165, 1.54) is 12.8 Å². The number of nitrogens with zero attached hydrogens (tertiary/aromatic N) is 2. The molecule has 0 amide bonds. The third kappa shape index (κ3) is 1.59. The zero-order chi connectivity index (χ0) is 9.42. The predicted molar refractivity (Wildman–Crippen MR) is 56.4 cm³/mol. The van der Waals surface area contributed by atoms with E-state index >= 15 is 0 Å². The van der Waals surface area contributed by atoms with Gasteiger partial charge in [-0.05, 0) is 41.1 Å². The van der Waals surface area contributed by atoms with Crippen molar-refractivity contribution in [1.82, 2.24) is 9.78 Å². The van der Waals surface area contributed by atoms with E-state index in [4.69, 9.17) is 5.73 Å². The zero-order valence-corrected chi connectivity index (χ0v) is 9.29. The number of hydrogen-bond donors (Lipinski definition) is 1. The first-order valence-corrected chi connectivity index (χ1v) is 5.51. The Balaban J connectivity index is 2.26. The molecule has 0 aliphatic heterocycles. The molecule has 1 aromatic heterocycles. The molecule has 1 aliphatic rings. The van der Waals surface area contributed by atoms with Crippen LogP contribution in [0.2, 0.25) is 0 Å². The van der Waals surface area contributed by atoms with Crippen LogP contribution in [0.1, 0.15) is 32.2 Å². The second-order valence-electron chi connectivity index (χ2n) is 3.64. The van der Waals surface area contributed by atoms with E-state index in [1.54, 1.807) is 6.20 Å². The number of anilines is 1. The van der Waals surface area contributed by atoms with Gasteiger partial charge in [0.15, 0.2) is 0 Å². The molecule has 1 aliphatic carbocycles. The molecule has 13 heavy (non-hydrogen) atoms. The molecule has 0 spiro atoms. The van der Waals surface area contributed by atoms with Crippen molar-refractivity contribution in [3.63, 3.8) is 0 Å². The van der Waals surface area contributed by atoms with Gasteiger partial charge in [0.2, 0.25) is 0 Å². The lowest BCUT2D eigenvalue weighted by Crippen LogP contribution is -2.14. The van der Waals surface area contributed by atoms with Gasteiger partial charge in [0.1, 0.15) is 5.82 Å². The lowest BCUT2D eigenvalue weighted by molar-refractivity contribution is 0.399. The minimum atomic E-state index is 0.506. The number of nitrogens with two attached hydrogens (primary N) is 1. The van der Waals surface area contributed by atoms with Crippen molar-refractivity contribution < 1.29 is 0 Å². The first kappa shape index (κ1) is 9.06. The van der Waals surface area contributed by atoms with E-state index in [0.717, 1.165) is 22.6 Å². The van der Waals surface area contributed by atoms with Crippen LogP contribution in [-0.4, -0.2) is 9.78 Å². The van der Waals surface area contributed by atoms with Crippen molar-refractivity contribution in [3.05, 3.63) is 10.7 Å². The molecule has 0 radical (unpaired) electrons. The summed E-state index contributed by atoms with van der Waals surface area (Å²) < 4.78 is 2.87. The van der Waals surface area contributed by atoms with Crippen LogP contribution in [0.5, 0.6) is 0 Å². The average Bonchev–Trinajstić information content (AvgIpc) is 2.89. The quantitative estimate of drug-likeness (QED) is 0.888. The van der Waals surface area contributed by atoms with Gasteiger partial charge in [0.25, 0.3) is 0 Å². The summed E-state index contributed by atoms with van der Waals surface area (Å²) in [6, 6.07) is 0.506. The van der Waals surface area contributed by atoms with Crippen LogP contribution in [0.3, 0.4) is 0 Å². The summed E-state index contributed by atoms with van der Waals surface area (Å²) in [7, 11) is 0. The van der Waals surface area contributed by atoms with E-state index in [0.29, 0.717) is 6.04 Å². The summed E-state index contributed by atoms with van der Waals surface area (Å²) in [5.41, 5.74) is 5.90. The number of nitrogen functional groups attached to an aromatic ring is 1. The fourth-order valence-corrected chi connectivity index (χ4v) is 2.08. The van der Waals surface area contributed by atoms with Crippen molar-refractivity contribution in [3.8, 4) is 0 Å². The smallest absolute Gasteiger partial charge is 0.136 e. The van der Waals surface area contributed by atoms with Gasteiger partial charge < -0.3 is 5.73 Å². The van der Waals surface area contributed by atoms with E-state index in [1.807, 2.05) is 4.68 Å². The molecule has 1 unspecified atom stereocenters. The van der Waals surface area contributed by atoms with Gasteiger partial charge in [-0.2, -0.15) is 5.10 Å². The van der Waals surface area contributed by atoms with Crippen molar-refractivity contribution in [1.29, 1.82) is 0 Å². The second-order valence-corrected chi connectivity index (χ2v) is 4.49. The monoisotopic (exact) mass is 243 g/mol. The summed E-state index contributed by atoms with van der Waals surface area (Å²) in [5, 5.41) is 4.29. The minimum Gasteiger partial charge on any atom is -0.383 e. The fourth-order valence-electron chi connectivity index (χ4n) is 1.80. The van der Waals surface area contributed by atoms with Crippen LogP contribution in [0.15, 0.2) is 10.7 Å². The van der Waals surface area contributed by atoms with Gasteiger partial charge in [0.05, 0.1) is 16.7 Å². The van der Waals surface area contributed by atoms with Gasteiger partial charge in [-0.3, -0.25) is 0 Å². The second kappa shape index (κ2) is 3.33. The molecule has 0 bridgehead atoms. The fraction of sp³-hybridized carbons (Fsp3) is 0.667. The minimum absolute atomic E-state index is 0.506. The Hall–Kier alpha value is -0.510. The Labute approximate surface area is 86.4 Å². The summed E-state index contributed by atoms with van der Waals surface area (Å²) in [4.78, 5) is 0. The van der Waals surface area contributed by atoms with Crippen LogP contribution in [0, 0.1) is 5.92 Å². The third-order valence-corrected chi connectivity index (χ3v) is 3.30. The maximum Gasteiger partial charge on any atom is 0.136 e. The molecule has 1 heterocycles. The van der Waals surface area contributed by atoms with Gasteiger partial charge >= 0.3 is 0 Å². The molecule has 1 fully saturated rings. The molecular weight excluding hydrogens is 230 g/mol. The molecular formula is C9H14BrN3. The lowest BCUT2D eigenvalue weighted by atomic mass is 10.1. The molecule has 2 N–H and O–H groups in total. The summed E-state index contributed by atoms with van der Waals surface area (Å²) in [6.45, 7) is 2.19. The molecule has 0 aromatic carbocycles. The molecule has 4 heteroatoms. The molecule has 0 saturated heterocycles. The Morgan fingerprint density at radius 1 is 1.77 bits per heavy atom. The normalized spacial score (nSPS) is 18.9. The number of aromatic nitrogens is 2. The Bertz CT molecular complexity index is 304. The number of halogens is 1. The van der Waals surface area contributed by atoms with Gasteiger partial charge in [-0.25, -0.2) is 4.68 Å². The molecule has 1 saturated carbocycles. The Kier molecular flexibility index (Phi) is 2.32. The van der Waals surface area contributed by atoms with E-state index in [9.17, 15) is 0 Å². The largest absolute Gasteiger partial charge is 0.383 e. The first-order chi connectivity index (χ1) is 6.24. The highest BCUT2D eigenvalue weighted by atomic mass is 79.9. The third-order valence-electron chi connectivity index (χ3n) is 2.69. The zero-order valence-electron chi connectivity index (χ0n) is 7.70. The van der Waals surface area contributed by atoms with Crippen molar-refractivity contribution in [2.75, 3.05) is 5.73 Å². The van der Waals surface area contributed by atoms with Crippen LogP contribution in [0.4, 0.5) is 5.82 Å². The van der Waals surface area contributed by atoms with Crippen LogP contribution < -0.4 is 5.73 Å². The van der Waals surface area contributed by atoms with Crippen LogP contribution in [-0.2, 0) is 0 Å². The average molecular weight is 244 g/mol. The van der Waals surface area contributed by atoms with Crippen molar-refractivity contribution in [2.24, 2.45) is 5.92 Å². The van der Waals surface area contributed by atoms with E-state index < -0.39 is 0 Å². The van der Waals surface area contributed by atoms with Crippen LogP contribution >= 0.6 is 15.9 Å². The highest BCUT2D eigenvalue weighted by Crippen LogP contribution is 2.42. The van der Waals surface area contributed by atoms with Gasteiger partial charge in [-0.15, -0.1) is 0 Å².